The molecule has 0 fully saturated rings. The second kappa shape index (κ2) is 5.03. The summed E-state index contributed by atoms with van der Waals surface area (Å²) in [4.78, 5) is 21.4. The van der Waals surface area contributed by atoms with Crippen LogP contribution in [0, 0.1) is 0 Å². The lowest BCUT2D eigenvalue weighted by atomic mass is 10.2. The number of rotatable bonds is 4. The smallest absolute Gasteiger partial charge is 0.383 e. The third-order valence-corrected chi connectivity index (χ3v) is 1.94. The van der Waals surface area contributed by atoms with E-state index in [9.17, 15) is 27.2 Å². The molecule has 2 N–H and O–H groups in total. The van der Waals surface area contributed by atoms with E-state index in [4.69, 9.17) is 5.11 Å². The highest BCUT2D eigenvalue weighted by Crippen LogP contribution is 2.24. The van der Waals surface area contributed by atoms with Gasteiger partial charge in [0.05, 0.1) is 5.56 Å². The van der Waals surface area contributed by atoms with Crippen molar-refractivity contribution in [3.63, 3.8) is 0 Å². The van der Waals surface area contributed by atoms with E-state index in [1.807, 2.05) is 0 Å². The van der Waals surface area contributed by atoms with Gasteiger partial charge >= 0.3 is 24.2 Å². The molecule has 1 rings (SSSR count). The molecule has 98 valence electrons. The summed E-state index contributed by atoms with van der Waals surface area (Å²) in [6.45, 7) is 0. The van der Waals surface area contributed by atoms with E-state index < -0.39 is 24.2 Å². The zero-order valence-corrected chi connectivity index (χ0v) is 8.66. The van der Waals surface area contributed by atoms with E-state index in [1.165, 1.54) is 11.4 Å². The van der Waals surface area contributed by atoms with Gasteiger partial charge in [0.15, 0.2) is 0 Å². The zero-order chi connectivity index (χ0) is 13.9. The fraction of sp³-hybridized carbons (Fsp3) is 0.200. The van der Waals surface area contributed by atoms with Crippen LogP contribution in [-0.2, 0) is 4.79 Å². The number of carboxylic acids is 1. The van der Waals surface area contributed by atoms with Gasteiger partial charge in [0, 0.05) is 5.69 Å². The number of carboxylic acid groups (broad SMARTS) is 1. The van der Waals surface area contributed by atoms with E-state index in [2.05, 4.69) is 0 Å². The van der Waals surface area contributed by atoms with E-state index in [0.29, 0.717) is 0 Å². The molecule has 8 heteroatoms. The highest BCUT2D eigenvalue weighted by Gasteiger charge is 2.48. The number of halogens is 4. The Hall–Kier alpha value is -2.12. The second-order valence-electron chi connectivity index (χ2n) is 3.26. The van der Waals surface area contributed by atoms with Gasteiger partial charge in [-0.1, -0.05) is 6.07 Å². The number of hydrogen-bond acceptors (Lipinski definition) is 2. The molecule has 0 atom stereocenters. The molecule has 0 aliphatic rings. The maximum absolute atomic E-state index is 12.6. The fourth-order valence-corrected chi connectivity index (χ4v) is 1.04. The van der Waals surface area contributed by atoms with Gasteiger partial charge in [0.2, 0.25) is 0 Å². The predicted octanol–water partition coefficient (Wildman–Crippen LogP) is 2.22. The minimum atomic E-state index is -4.83. The third kappa shape index (κ3) is 2.96. The van der Waals surface area contributed by atoms with E-state index in [1.54, 1.807) is 0 Å². The number of carbonyl (C=O) groups is 2. The summed E-state index contributed by atoms with van der Waals surface area (Å²) in [6.07, 6.45) is -4.14. The maximum atomic E-state index is 12.6. The Kier molecular flexibility index (Phi) is 3.89. The summed E-state index contributed by atoms with van der Waals surface area (Å²) in [6, 6.07) is 4.32. The van der Waals surface area contributed by atoms with E-state index >= 15 is 0 Å². The van der Waals surface area contributed by atoms with Gasteiger partial charge in [0.1, 0.15) is 0 Å². The predicted molar refractivity (Wildman–Crippen MR) is 53.0 cm³/mol. The molecule has 0 bridgehead atoms. The summed E-state index contributed by atoms with van der Waals surface area (Å²) in [5.41, 5.74) is -0.576. The first-order valence-corrected chi connectivity index (χ1v) is 4.56. The summed E-state index contributed by atoms with van der Waals surface area (Å²) >= 11 is 0. The lowest BCUT2D eigenvalue weighted by Crippen LogP contribution is -2.41. The molecule has 1 amide bonds. The van der Waals surface area contributed by atoms with Crippen molar-refractivity contribution in [3.8, 4) is 0 Å². The van der Waals surface area contributed by atoms with Crippen LogP contribution in [0.15, 0.2) is 24.3 Å². The van der Waals surface area contributed by atoms with Crippen LogP contribution in [-0.4, -0.2) is 29.3 Å². The molecular formula is C10H7F4NO3. The molecule has 1 aromatic rings. The first-order chi connectivity index (χ1) is 8.25. The molecule has 0 spiro atoms. The Morgan fingerprint density at radius 2 is 1.89 bits per heavy atom. The Labute approximate surface area is 98.2 Å². The van der Waals surface area contributed by atoms with Crippen LogP contribution in [0.5, 0.6) is 0 Å². The van der Waals surface area contributed by atoms with Crippen molar-refractivity contribution in [1.29, 1.82) is 0 Å². The van der Waals surface area contributed by atoms with Crippen LogP contribution in [0.3, 0.4) is 0 Å². The van der Waals surface area contributed by atoms with E-state index in [-0.39, 0.29) is 11.3 Å². The van der Waals surface area contributed by atoms with Crippen LogP contribution in [0.25, 0.3) is 0 Å². The number of amides is 1. The lowest BCUT2D eigenvalue weighted by molar-refractivity contribution is -0.163. The van der Waals surface area contributed by atoms with Gasteiger partial charge in [-0.2, -0.15) is 8.78 Å². The normalized spacial score (nSPS) is 11.4. The number of nitrogens with one attached hydrogen (secondary N) is 1. The van der Waals surface area contributed by atoms with Gasteiger partial charge < -0.3 is 10.4 Å². The van der Waals surface area contributed by atoms with Crippen LogP contribution in [0.1, 0.15) is 10.4 Å². The molecule has 18 heavy (non-hydrogen) atoms. The molecule has 0 saturated heterocycles. The Morgan fingerprint density at radius 3 is 2.39 bits per heavy atom. The van der Waals surface area contributed by atoms with Crippen LogP contribution < -0.4 is 5.32 Å². The molecular weight excluding hydrogens is 258 g/mol. The molecule has 0 heterocycles. The monoisotopic (exact) mass is 265 g/mol. The molecule has 0 saturated carbocycles. The summed E-state index contributed by atoms with van der Waals surface area (Å²) in [5, 5.41) is 10.1. The van der Waals surface area contributed by atoms with Crippen molar-refractivity contribution in [2.24, 2.45) is 0 Å². The quantitative estimate of drug-likeness (QED) is 0.820. The van der Waals surface area contributed by atoms with Crippen molar-refractivity contribution in [2.45, 2.75) is 12.3 Å². The number of hydrogen-bond donors (Lipinski definition) is 2. The van der Waals surface area contributed by atoms with Gasteiger partial charge in [-0.25, -0.2) is 13.6 Å². The van der Waals surface area contributed by atoms with E-state index in [0.717, 1.165) is 18.2 Å². The van der Waals surface area contributed by atoms with Gasteiger partial charge in [-0.3, -0.25) is 4.79 Å². The first kappa shape index (κ1) is 13.9. The van der Waals surface area contributed by atoms with Crippen molar-refractivity contribution >= 4 is 17.6 Å². The van der Waals surface area contributed by atoms with Crippen molar-refractivity contribution in [1.82, 2.24) is 0 Å². The minimum absolute atomic E-state index is 0.270. The molecule has 0 aliphatic heterocycles. The SMILES string of the molecule is O=C(O)c1cccc(NC(=O)C(F)(F)C(F)F)c1. The number of aromatic carboxylic acids is 1. The Bertz CT molecular complexity index is 476. The Morgan fingerprint density at radius 1 is 1.28 bits per heavy atom. The largest absolute Gasteiger partial charge is 0.478 e. The Balaban J connectivity index is 2.89. The first-order valence-electron chi connectivity index (χ1n) is 4.56. The zero-order valence-electron chi connectivity index (χ0n) is 8.66. The van der Waals surface area contributed by atoms with Crippen LogP contribution in [0.2, 0.25) is 0 Å². The van der Waals surface area contributed by atoms with Crippen molar-refractivity contribution in [3.05, 3.63) is 29.8 Å². The number of carbonyl (C=O) groups excluding carboxylic acids is 1. The lowest BCUT2D eigenvalue weighted by Gasteiger charge is -2.14. The van der Waals surface area contributed by atoms with Crippen molar-refractivity contribution in [2.75, 3.05) is 5.32 Å². The molecule has 0 aromatic heterocycles. The molecule has 1 aromatic carbocycles. The van der Waals surface area contributed by atoms with Gasteiger partial charge in [-0.05, 0) is 18.2 Å². The van der Waals surface area contributed by atoms with Gasteiger partial charge in [0.25, 0.3) is 0 Å². The third-order valence-electron chi connectivity index (χ3n) is 1.94. The van der Waals surface area contributed by atoms with Crippen molar-refractivity contribution < 1.29 is 32.3 Å². The number of alkyl halides is 4. The topological polar surface area (TPSA) is 66.4 Å². The number of anilines is 1. The van der Waals surface area contributed by atoms with Crippen LogP contribution >= 0.6 is 0 Å². The highest BCUT2D eigenvalue weighted by atomic mass is 19.3. The fourth-order valence-electron chi connectivity index (χ4n) is 1.04. The van der Waals surface area contributed by atoms with Crippen LogP contribution in [0.4, 0.5) is 23.2 Å². The number of benzene rings is 1. The molecule has 0 radical (unpaired) electrons. The highest BCUT2D eigenvalue weighted by molar-refractivity contribution is 5.97. The molecule has 4 nitrogen and oxygen atoms in total. The average molecular weight is 265 g/mol. The molecule has 0 unspecified atom stereocenters. The standard InChI is InChI=1S/C10H7F4NO3/c11-8(12)10(13,14)9(18)15-6-3-1-2-5(4-6)7(16)17/h1-4,8H,(H,15,18)(H,16,17). The average Bonchev–Trinajstić information content (AvgIpc) is 2.28. The minimum Gasteiger partial charge on any atom is -0.478 e. The maximum Gasteiger partial charge on any atom is 0.383 e. The second-order valence-corrected chi connectivity index (χ2v) is 3.26. The summed E-state index contributed by atoms with van der Waals surface area (Å²) in [5.74, 6) is -8.37. The summed E-state index contributed by atoms with van der Waals surface area (Å²) in [7, 11) is 0. The molecule has 0 aliphatic carbocycles. The summed E-state index contributed by atoms with van der Waals surface area (Å²) < 4.78 is 48.9. The van der Waals surface area contributed by atoms with Gasteiger partial charge in [-0.15, -0.1) is 0 Å².